The van der Waals surface area contributed by atoms with Crippen LogP contribution in [-0.2, 0) is 21.8 Å². The van der Waals surface area contributed by atoms with Gasteiger partial charge in [0.15, 0.2) is 9.84 Å². The van der Waals surface area contributed by atoms with E-state index in [0.29, 0.717) is 38.2 Å². The van der Waals surface area contributed by atoms with Crippen LogP contribution in [0.15, 0.2) is 89.7 Å². The molecule has 0 saturated carbocycles. The molecular formula is C25H16F3N3O2S2. The molecule has 0 amide bonds. The van der Waals surface area contributed by atoms with Crippen molar-refractivity contribution in [2.24, 2.45) is 0 Å². The summed E-state index contributed by atoms with van der Waals surface area (Å²) in [7, 11) is -3.63. The zero-order valence-corrected chi connectivity index (χ0v) is 19.5. The van der Waals surface area contributed by atoms with Gasteiger partial charge in [-0.1, -0.05) is 12.1 Å². The molecule has 0 radical (unpaired) electrons. The lowest BCUT2D eigenvalue weighted by molar-refractivity contribution is -0.137. The van der Waals surface area contributed by atoms with Crippen LogP contribution < -0.4 is 0 Å². The van der Waals surface area contributed by atoms with Gasteiger partial charge in [0.2, 0.25) is 0 Å². The minimum Gasteiger partial charge on any atom is -0.265 e. The van der Waals surface area contributed by atoms with Gasteiger partial charge in [0.25, 0.3) is 0 Å². The third-order valence-electron chi connectivity index (χ3n) is 5.49. The lowest BCUT2D eigenvalue weighted by atomic mass is 9.93. The van der Waals surface area contributed by atoms with E-state index < -0.39 is 21.6 Å². The molecule has 0 unspecified atom stereocenters. The summed E-state index contributed by atoms with van der Waals surface area (Å²) in [6.45, 7) is 0. The van der Waals surface area contributed by atoms with Crippen LogP contribution in [0, 0.1) is 0 Å². The third kappa shape index (κ3) is 4.67. The number of thiazole rings is 1. The van der Waals surface area contributed by atoms with Crippen LogP contribution in [-0.4, -0.2) is 23.4 Å². The van der Waals surface area contributed by atoms with Crippen LogP contribution >= 0.6 is 11.3 Å². The fourth-order valence-corrected chi connectivity index (χ4v) is 6.12. The molecule has 0 aliphatic rings. The zero-order chi connectivity index (χ0) is 24.6. The van der Waals surface area contributed by atoms with E-state index >= 15 is 0 Å². The first-order valence-electron chi connectivity index (χ1n) is 10.3. The number of hydrogen-bond donors (Lipinski definition) is 0. The van der Waals surface area contributed by atoms with Gasteiger partial charge in [-0.05, 0) is 59.0 Å². The Balaban J connectivity index is 1.65. The first kappa shape index (κ1) is 23.1. The van der Waals surface area contributed by atoms with E-state index in [0.717, 1.165) is 12.1 Å². The molecule has 3 heterocycles. The smallest absolute Gasteiger partial charge is 0.265 e. The summed E-state index contributed by atoms with van der Waals surface area (Å²) in [5.41, 5.74) is 1.08. The van der Waals surface area contributed by atoms with E-state index in [1.165, 1.54) is 42.1 Å². The Morgan fingerprint density at radius 1 is 0.829 bits per heavy atom. The van der Waals surface area contributed by atoms with Gasteiger partial charge < -0.3 is 0 Å². The Hall–Kier alpha value is -3.63. The Labute approximate surface area is 202 Å². The average molecular weight is 512 g/mol. The molecule has 5 nitrogen and oxygen atoms in total. The highest BCUT2D eigenvalue weighted by atomic mass is 32.2. The fraction of sp³-hybridized carbons (Fsp3) is 0.0800. The van der Waals surface area contributed by atoms with E-state index in [2.05, 4.69) is 15.0 Å². The summed E-state index contributed by atoms with van der Waals surface area (Å²) >= 11 is 1.27. The Morgan fingerprint density at radius 2 is 1.63 bits per heavy atom. The van der Waals surface area contributed by atoms with Crippen molar-refractivity contribution in [3.05, 3.63) is 95.3 Å². The molecule has 0 aliphatic heterocycles. The van der Waals surface area contributed by atoms with Gasteiger partial charge in [0, 0.05) is 41.1 Å². The van der Waals surface area contributed by atoms with Crippen molar-refractivity contribution in [3.63, 3.8) is 0 Å². The summed E-state index contributed by atoms with van der Waals surface area (Å²) in [5, 5.41) is 3.44. The predicted molar refractivity (Wildman–Crippen MR) is 128 cm³/mol. The van der Waals surface area contributed by atoms with Crippen molar-refractivity contribution in [3.8, 4) is 22.4 Å². The normalized spacial score (nSPS) is 12.2. The van der Waals surface area contributed by atoms with E-state index in [1.54, 1.807) is 41.9 Å². The van der Waals surface area contributed by atoms with E-state index in [4.69, 9.17) is 0 Å². The fourth-order valence-electron chi connectivity index (χ4n) is 3.83. The monoisotopic (exact) mass is 511 g/mol. The topological polar surface area (TPSA) is 72.8 Å². The van der Waals surface area contributed by atoms with Gasteiger partial charge >= 0.3 is 6.18 Å². The molecule has 0 aliphatic carbocycles. The molecule has 5 rings (SSSR count). The summed E-state index contributed by atoms with van der Waals surface area (Å²) in [4.78, 5) is 12.6. The number of aromatic nitrogens is 3. The molecule has 2 aromatic carbocycles. The van der Waals surface area contributed by atoms with Gasteiger partial charge in [-0.25, -0.2) is 13.4 Å². The van der Waals surface area contributed by atoms with Gasteiger partial charge in [-0.2, -0.15) is 13.2 Å². The second kappa shape index (κ2) is 8.86. The second-order valence-corrected chi connectivity index (χ2v) is 10.7. The van der Waals surface area contributed by atoms with Crippen LogP contribution in [0.5, 0.6) is 0 Å². The first-order valence-corrected chi connectivity index (χ1v) is 12.9. The molecule has 0 saturated heterocycles. The Kier molecular flexibility index (Phi) is 5.86. The van der Waals surface area contributed by atoms with Crippen LogP contribution in [0.3, 0.4) is 0 Å². The summed E-state index contributed by atoms with van der Waals surface area (Å²) in [5.74, 6) is -0.209. The molecule has 3 aromatic heterocycles. The number of pyridine rings is 2. The van der Waals surface area contributed by atoms with Crippen molar-refractivity contribution in [1.29, 1.82) is 0 Å². The van der Waals surface area contributed by atoms with E-state index in [1.807, 2.05) is 0 Å². The van der Waals surface area contributed by atoms with Crippen LogP contribution in [0.25, 0.3) is 33.2 Å². The maximum absolute atomic E-state index is 13.5. The summed E-state index contributed by atoms with van der Waals surface area (Å²) in [6, 6.07) is 13.1. The summed E-state index contributed by atoms with van der Waals surface area (Å²) < 4.78 is 66.2. The van der Waals surface area contributed by atoms with Crippen LogP contribution in [0.2, 0.25) is 0 Å². The molecule has 35 heavy (non-hydrogen) atoms. The standard InChI is InChI=1S/C25H16F3N3O2S2/c26-25(27,28)18-1-3-21(22(14-18)16-5-8-29-9-6-16)24-20-4-2-19(13-17(20)7-10-31-24)35(32,33)15-23-30-11-12-34-23/h1-14H,15H2. The zero-order valence-electron chi connectivity index (χ0n) is 17.9. The van der Waals surface area contributed by atoms with E-state index in [9.17, 15) is 21.6 Å². The molecular weight excluding hydrogens is 495 g/mol. The summed E-state index contributed by atoms with van der Waals surface area (Å²) in [6.07, 6.45) is 1.58. The SMILES string of the molecule is O=S(=O)(Cc1nccs1)c1ccc2c(-c3ccc(C(F)(F)F)cc3-c3ccncc3)nccc2c1. The molecule has 0 fully saturated rings. The second-order valence-electron chi connectivity index (χ2n) is 7.72. The number of alkyl halides is 3. The number of nitrogens with zero attached hydrogens (tertiary/aromatic N) is 3. The van der Waals surface area contributed by atoms with Crippen molar-refractivity contribution >= 4 is 31.9 Å². The van der Waals surface area contributed by atoms with Crippen molar-refractivity contribution < 1.29 is 21.6 Å². The molecule has 176 valence electrons. The highest BCUT2D eigenvalue weighted by Crippen LogP contribution is 2.39. The van der Waals surface area contributed by atoms with Gasteiger partial charge in [0.1, 0.15) is 10.8 Å². The minimum atomic E-state index is -4.51. The molecule has 0 atom stereocenters. The number of halogens is 3. The lowest BCUT2D eigenvalue weighted by Gasteiger charge is -2.15. The number of sulfone groups is 1. The number of hydrogen-bond acceptors (Lipinski definition) is 6. The molecule has 0 spiro atoms. The largest absolute Gasteiger partial charge is 0.416 e. The number of benzene rings is 2. The van der Waals surface area contributed by atoms with Gasteiger partial charge in [0.05, 0.1) is 16.2 Å². The maximum Gasteiger partial charge on any atom is 0.416 e. The Bertz CT molecular complexity index is 1620. The Morgan fingerprint density at radius 3 is 2.34 bits per heavy atom. The third-order valence-corrected chi connectivity index (χ3v) is 8.07. The predicted octanol–water partition coefficient (Wildman–Crippen LogP) is 6.41. The van der Waals surface area contributed by atoms with Gasteiger partial charge in [-0.3, -0.25) is 9.97 Å². The average Bonchev–Trinajstić information content (AvgIpc) is 3.35. The molecule has 10 heteroatoms. The van der Waals surface area contributed by atoms with Gasteiger partial charge in [-0.15, -0.1) is 11.3 Å². The quantitative estimate of drug-likeness (QED) is 0.273. The molecule has 0 bridgehead atoms. The van der Waals surface area contributed by atoms with Crippen molar-refractivity contribution in [2.45, 2.75) is 16.8 Å². The van der Waals surface area contributed by atoms with Crippen LogP contribution in [0.4, 0.5) is 13.2 Å². The van der Waals surface area contributed by atoms with E-state index in [-0.39, 0.29) is 10.6 Å². The highest BCUT2D eigenvalue weighted by Gasteiger charge is 2.31. The number of rotatable bonds is 5. The highest BCUT2D eigenvalue weighted by molar-refractivity contribution is 7.90. The van der Waals surface area contributed by atoms with Crippen molar-refractivity contribution in [2.75, 3.05) is 0 Å². The minimum absolute atomic E-state index is 0.138. The lowest BCUT2D eigenvalue weighted by Crippen LogP contribution is -2.06. The molecule has 5 aromatic rings. The molecule has 0 N–H and O–H groups in total. The van der Waals surface area contributed by atoms with Crippen molar-refractivity contribution in [1.82, 2.24) is 15.0 Å². The van der Waals surface area contributed by atoms with Crippen LogP contribution in [0.1, 0.15) is 10.6 Å². The number of fused-ring (bicyclic) bond motifs is 1. The first-order chi connectivity index (χ1) is 16.7. The maximum atomic E-state index is 13.5.